The Hall–Kier alpha value is -5.27. The Morgan fingerprint density at radius 1 is 1.16 bits per heavy atom. The number of carbonyl (C=O) groups excluding carboxylic acids is 2. The number of piperazine rings is 1. The molecule has 5 heterocycles. The summed E-state index contributed by atoms with van der Waals surface area (Å²) in [6.07, 6.45) is 2.49. The van der Waals surface area contributed by atoms with Crippen LogP contribution in [0.2, 0.25) is 0 Å². The van der Waals surface area contributed by atoms with Crippen molar-refractivity contribution < 1.29 is 23.1 Å². The Morgan fingerprint density at radius 2 is 1.95 bits per heavy atom. The van der Waals surface area contributed by atoms with Crippen LogP contribution >= 0.6 is 0 Å². The lowest BCUT2D eigenvalue weighted by Gasteiger charge is -2.40. The smallest absolute Gasteiger partial charge is 0.356 e. The average molecular weight is 603 g/mol. The highest BCUT2D eigenvalue weighted by Gasteiger charge is 2.32. The maximum Gasteiger partial charge on any atom is 0.356 e. The average Bonchev–Trinajstić information content (AvgIpc) is 2.99. The number of pyridine rings is 1. The largest absolute Gasteiger partial charge is 0.466 e. The third-order valence-electron chi connectivity index (χ3n) is 7.64. The summed E-state index contributed by atoms with van der Waals surface area (Å²) in [5, 5.41) is 2.72. The molecular formula is C30H28F2N8O4. The number of rotatable bonds is 3. The van der Waals surface area contributed by atoms with Crippen LogP contribution in [0, 0.1) is 11.6 Å². The molecule has 0 spiro atoms. The topological polar surface area (TPSA) is 135 Å². The Kier molecular flexibility index (Phi) is 7.27. The number of benzene rings is 1. The van der Waals surface area contributed by atoms with Crippen molar-refractivity contribution in [2.75, 3.05) is 36.5 Å². The lowest BCUT2D eigenvalue weighted by molar-refractivity contribution is -0.126. The molecule has 0 saturated carbocycles. The quantitative estimate of drug-likeness (QED) is 0.351. The molecule has 2 aliphatic heterocycles. The Morgan fingerprint density at radius 3 is 2.68 bits per heavy atom. The summed E-state index contributed by atoms with van der Waals surface area (Å²) < 4.78 is 38.4. The van der Waals surface area contributed by atoms with Crippen LogP contribution in [0.1, 0.15) is 32.4 Å². The lowest BCUT2D eigenvalue weighted by Crippen LogP contribution is -2.54. The fourth-order valence-electron chi connectivity index (χ4n) is 5.61. The zero-order chi connectivity index (χ0) is 31.3. The van der Waals surface area contributed by atoms with Crippen molar-refractivity contribution in [2.24, 2.45) is 0 Å². The van der Waals surface area contributed by atoms with Gasteiger partial charge in [-0.15, -0.1) is 0 Å². The van der Waals surface area contributed by atoms with Crippen LogP contribution in [0.25, 0.3) is 28.0 Å². The molecule has 0 radical (unpaired) electrons. The molecule has 0 aliphatic carbocycles. The van der Waals surface area contributed by atoms with E-state index in [-0.39, 0.29) is 57.5 Å². The number of ether oxygens (including phenoxy) is 1. The van der Waals surface area contributed by atoms with E-state index in [0.29, 0.717) is 25.3 Å². The summed E-state index contributed by atoms with van der Waals surface area (Å²) in [4.78, 5) is 60.2. The number of anilines is 2. The van der Waals surface area contributed by atoms with Gasteiger partial charge in [0.2, 0.25) is 11.8 Å². The van der Waals surface area contributed by atoms with Crippen LogP contribution in [0.3, 0.4) is 0 Å². The number of fused-ring (bicyclic) bond motifs is 5. The van der Waals surface area contributed by atoms with E-state index in [0.717, 1.165) is 16.7 Å². The number of halogens is 2. The molecule has 2 amide bonds. The first-order valence-corrected chi connectivity index (χ1v) is 14.0. The summed E-state index contributed by atoms with van der Waals surface area (Å²) in [6.45, 7) is 9.46. The first kappa shape index (κ1) is 28.8. The standard InChI is InChI=1S/C30H28F2N8O4/c1-5-22(42)38-9-10-39(16(4)12-38)27-17-11-19(32)25-23-18(31)7-6-8-20(23)35-21(41)13-44-29-26(24(15(2)3)33-14-34-29)40(28(17)36-25)30(43)37-27/h5-8,11,14-16H,1,9-10,12-13H2,2-4H3,(H,35,41)/t16-/m0/s1. The number of nitrogens with one attached hydrogen (secondary N) is 1. The highest BCUT2D eigenvalue weighted by atomic mass is 19.1. The molecule has 44 heavy (non-hydrogen) atoms. The minimum Gasteiger partial charge on any atom is -0.466 e. The molecule has 2 aliphatic rings. The summed E-state index contributed by atoms with van der Waals surface area (Å²) in [5.74, 6) is -2.83. The molecule has 1 saturated heterocycles. The first-order chi connectivity index (χ1) is 21.1. The van der Waals surface area contributed by atoms with Crippen molar-refractivity contribution in [3.8, 4) is 22.8 Å². The van der Waals surface area contributed by atoms with Crippen molar-refractivity contribution >= 4 is 34.4 Å². The second-order valence-electron chi connectivity index (χ2n) is 10.8. The van der Waals surface area contributed by atoms with Gasteiger partial charge in [-0.1, -0.05) is 26.5 Å². The molecule has 6 rings (SSSR count). The molecule has 226 valence electrons. The molecule has 1 N–H and O–H groups in total. The monoisotopic (exact) mass is 602 g/mol. The Balaban J connectivity index is 1.70. The molecule has 4 aromatic rings. The molecule has 2 bridgehead atoms. The van der Waals surface area contributed by atoms with Crippen molar-refractivity contribution in [1.82, 2.24) is 29.4 Å². The van der Waals surface area contributed by atoms with E-state index in [9.17, 15) is 14.4 Å². The maximum atomic E-state index is 16.1. The van der Waals surface area contributed by atoms with Crippen LogP contribution in [0.5, 0.6) is 5.88 Å². The van der Waals surface area contributed by atoms with Crippen molar-refractivity contribution in [3.05, 3.63) is 71.1 Å². The molecule has 0 unspecified atom stereocenters. The molecule has 1 atom stereocenters. The number of hydrogen-bond donors (Lipinski definition) is 1. The molecule has 1 aromatic carbocycles. The molecule has 12 nitrogen and oxygen atoms in total. The lowest BCUT2D eigenvalue weighted by atomic mass is 10.1. The van der Waals surface area contributed by atoms with Gasteiger partial charge in [0.1, 0.15) is 29.3 Å². The van der Waals surface area contributed by atoms with E-state index >= 15 is 8.78 Å². The molecular weight excluding hydrogens is 574 g/mol. The minimum atomic E-state index is -0.901. The Labute approximate surface area is 250 Å². The summed E-state index contributed by atoms with van der Waals surface area (Å²) in [7, 11) is 0. The second kappa shape index (κ2) is 11.1. The maximum absolute atomic E-state index is 16.1. The van der Waals surface area contributed by atoms with E-state index in [2.05, 4.69) is 31.8 Å². The van der Waals surface area contributed by atoms with E-state index in [1.165, 1.54) is 24.5 Å². The second-order valence-corrected chi connectivity index (χ2v) is 10.8. The highest BCUT2D eigenvalue weighted by molar-refractivity contribution is 5.98. The summed E-state index contributed by atoms with van der Waals surface area (Å²) in [5.41, 5.74) is -1.13. The third kappa shape index (κ3) is 4.81. The van der Waals surface area contributed by atoms with Gasteiger partial charge in [-0.2, -0.15) is 9.97 Å². The van der Waals surface area contributed by atoms with Gasteiger partial charge in [-0.25, -0.2) is 28.1 Å². The number of nitrogens with zero attached hydrogens (tertiary/aromatic N) is 7. The van der Waals surface area contributed by atoms with E-state index in [4.69, 9.17) is 4.74 Å². The third-order valence-corrected chi connectivity index (χ3v) is 7.64. The van der Waals surface area contributed by atoms with Crippen LogP contribution in [0.4, 0.5) is 20.3 Å². The van der Waals surface area contributed by atoms with Crippen LogP contribution < -0.4 is 20.6 Å². The SMILES string of the molecule is C=CC(=O)N1CCN(c2nc(=O)n3c4nc(c(F)cc24)-c2c(F)cccc2NC(=O)COc2ncnc(C(C)C)c2-3)[C@@H](C)C1. The number of amides is 2. The van der Waals surface area contributed by atoms with Crippen LogP contribution in [-0.2, 0) is 9.59 Å². The fourth-order valence-corrected chi connectivity index (χ4v) is 5.61. The van der Waals surface area contributed by atoms with Gasteiger partial charge in [0.05, 0.1) is 22.3 Å². The predicted molar refractivity (Wildman–Crippen MR) is 158 cm³/mol. The van der Waals surface area contributed by atoms with Gasteiger partial charge in [0.15, 0.2) is 18.1 Å². The zero-order valence-corrected chi connectivity index (χ0v) is 24.2. The van der Waals surface area contributed by atoms with Gasteiger partial charge < -0.3 is 19.9 Å². The number of hydrogen-bond acceptors (Lipinski definition) is 9. The van der Waals surface area contributed by atoms with Gasteiger partial charge >= 0.3 is 5.69 Å². The fraction of sp³-hybridized carbons (Fsp3) is 0.300. The van der Waals surface area contributed by atoms with Gasteiger partial charge in [0.25, 0.3) is 5.91 Å². The number of aromatic nitrogens is 5. The molecule has 14 heteroatoms. The van der Waals surface area contributed by atoms with Gasteiger partial charge in [0, 0.05) is 25.7 Å². The predicted octanol–water partition coefficient (Wildman–Crippen LogP) is 3.19. The van der Waals surface area contributed by atoms with E-state index in [1.54, 1.807) is 4.90 Å². The summed E-state index contributed by atoms with van der Waals surface area (Å²) in [6, 6.07) is 4.73. The minimum absolute atomic E-state index is 0.0319. The summed E-state index contributed by atoms with van der Waals surface area (Å²) >= 11 is 0. The van der Waals surface area contributed by atoms with E-state index < -0.39 is 35.5 Å². The van der Waals surface area contributed by atoms with Crippen molar-refractivity contribution in [1.29, 1.82) is 0 Å². The molecule has 1 fully saturated rings. The highest BCUT2D eigenvalue weighted by Crippen LogP contribution is 2.37. The Bertz CT molecular complexity index is 1910. The van der Waals surface area contributed by atoms with Gasteiger partial charge in [-0.3, -0.25) is 9.59 Å². The van der Waals surface area contributed by atoms with Crippen LogP contribution in [-0.4, -0.2) is 73.5 Å². The van der Waals surface area contributed by atoms with E-state index in [1.807, 2.05) is 25.7 Å². The van der Waals surface area contributed by atoms with Crippen molar-refractivity contribution in [3.63, 3.8) is 0 Å². The van der Waals surface area contributed by atoms with Gasteiger partial charge in [-0.05, 0) is 37.1 Å². The normalized spacial score (nSPS) is 16.5. The number of carbonyl (C=O) groups is 2. The molecule has 3 aromatic heterocycles. The first-order valence-electron chi connectivity index (χ1n) is 14.0. The van der Waals surface area contributed by atoms with Crippen molar-refractivity contribution in [2.45, 2.75) is 32.7 Å². The zero-order valence-electron chi connectivity index (χ0n) is 24.2. The van der Waals surface area contributed by atoms with Crippen LogP contribution in [0.15, 0.2) is 48.0 Å².